The minimum absolute atomic E-state index is 0.129. The average molecular weight is 302 g/mol. The predicted octanol–water partition coefficient (Wildman–Crippen LogP) is 2.24. The molecule has 1 saturated heterocycles. The van der Waals surface area contributed by atoms with Gasteiger partial charge in [-0.05, 0) is 25.0 Å². The van der Waals surface area contributed by atoms with Crippen molar-refractivity contribution in [1.29, 1.82) is 0 Å². The quantitative estimate of drug-likeness (QED) is 0.673. The fraction of sp³-hybridized carbons (Fsp3) is 0.385. The number of hydrogen-bond donors (Lipinski definition) is 1. The van der Waals surface area contributed by atoms with Gasteiger partial charge in [-0.15, -0.1) is 0 Å². The van der Waals surface area contributed by atoms with Crippen LogP contribution in [0.3, 0.4) is 0 Å². The lowest BCUT2D eigenvalue weighted by Crippen LogP contribution is -2.43. The largest absolute Gasteiger partial charge is 0.393 e. The summed E-state index contributed by atoms with van der Waals surface area (Å²) in [4.78, 5) is 13.8. The van der Waals surface area contributed by atoms with Crippen molar-refractivity contribution in [2.75, 3.05) is 13.1 Å². The van der Waals surface area contributed by atoms with Crippen LogP contribution in [0.2, 0.25) is 0 Å². The second-order valence-corrected chi connectivity index (χ2v) is 5.19. The number of hydrogen-bond acceptors (Lipinski definition) is 2. The molecule has 0 bridgehead atoms. The Hall–Kier alpha value is -1.63. The van der Waals surface area contributed by atoms with E-state index < -0.39 is 28.9 Å². The van der Waals surface area contributed by atoms with Gasteiger partial charge in [0, 0.05) is 19.0 Å². The van der Waals surface area contributed by atoms with Gasteiger partial charge in [0.1, 0.15) is 0 Å². The second-order valence-electron chi connectivity index (χ2n) is 4.72. The number of rotatable bonds is 2. The molecule has 0 spiro atoms. The molecule has 1 heterocycles. The summed E-state index contributed by atoms with van der Waals surface area (Å²) in [5.41, 5.74) is 5.07. The van der Waals surface area contributed by atoms with E-state index in [9.17, 15) is 18.0 Å². The first kappa shape index (κ1) is 14.8. The van der Waals surface area contributed by atoms with Crippen LogP contribution in [0.5, 0.6) is 0 Å². The van der Waals surface area contributed by atoms with Crippen LogP contribution >= 0.6 is 12.2 Å². The number of carbonyl (C=O) groups is 1. The van der Waals surface area contributed by atoms with Crippen LogP contribution in [0.4, 0.5) is 13.2 Å². The van der Waals surface area contributed by atoms with E-state index in [0.717, 1.165) is 18.6 Å². The molecule has 1 aromatic carbocycles. The highest BCUT2D eigenvalue weighted by atomic mass is 32.1. The van der Waals surface area contributed by atoms with Crippen molar-refractivity contribution in [3.8, 4) is 0 Å². The third-order valence-electron chi connectivity index (χ3n) is 3.38. The maximum absolute atomic E-state index is 13.6. The first-order valence-electron chi connectivity index (χ1n) is 6.14. The number of likely N-dealkylation sites (tertiary alicyclic amines) is 1. The van der Waals surface area contributed by atoms with E-state index in [0.29, 0.717) is 18.0 Å². The van der Waals surface area contributed by atoms with Crippen LogP contribution in [0.1, 0.15) is 23.2 Å². The molecular formula is C13H13F3N2OS. The summed E-state index contributed by atoms with van der Waals surface area (Å²) >= 11 is 4.89. The molecule has 108 valence electrons. The summed E-state index contributed by atoms with van der Waals surface area (Å²) in [5.74, 6) is -5.23. The number of nitrogens with zero attached hydrogens (tertiary/aromatic N) is 1. The van der Waals surface area contributed by atoms with Crippen molar-refractivity contribution in [1.82, 2.24) is 4.90 Å². The number of piperidine rings is 1. The Bertz CT molecular complexity index is 565. The number of thiocarbonyl (C=S) groups is 1. The van der Waals surface area contributed by atoms with Gasteiger partial charge in [0.05, 0.1) is 10.6 Å². The molecule has 2 N–H and O–H groups in total. The number of amides is 1. The van der Waals surface area contributed by atoms with Gasteiger partial charge in [0.25, 0.3) is 5.91 Å². The zero-order valence-electron chi connectivity index (χ0n) is 10.5. The van der Waals surface area contributed by atoms with E-state index in [1.54, 1.807) is 0 Å². The van der Waals surface area contributed by atoms with Gasteiger partial charge in [0.15, 0.2) is 17.5 Å². The highest BCUT2D eigenvalue weighted by molar-refractivity contribution is 7.80. The molecule has 7 heteroatoms. The van der Waals surface area contributed by atoms with Crippen LogP contribution in [-0.2, 0) is 0 Å². The van der Waals surface area contributed by atoms with E-state index in [-0.39, 0.29) is 12.5 Å². The lowest BCUT2D eigenvalue weighted by Gasteiger charge is -2.32. The Balaban J connectivity index is 2.23. The van der Waals surface area contributed by atoms with Gasteiger partial charge in [0.2, 0.25) is 0 Å². The summed E-state index contributed by atoms with van der Waals surface area (Å²) in [7, 11) is 0. The zero-order valence-corrected chi connectivity index (χ0v) is 11.4. The number of carbonyl (C=O) groups excluding carboxylic acids is 1. The number of halogens is 3. The van der Waals surface area contributed by atoms with Gasteiger partial charge in [-0.3, -0.25) is 4.79 Å². The van der Waals surface area contributed by atoms with Crippen LogP contribution < -0.4 is 5.73 Å². The third-order valence-corrected chi connectivity index (χ3v) is 3.71. The molecule has 0 saturated carbocycles. The molecule has 1 aromatic rings. The molecule has 20 heavy (non-hydrogen) atoms. The Morgan fingerprint density at radius 3 is 2.65 bits per heavy atom. The minimum atomic E-state index is -1.64. The maximum atomic E-state index is 13.6. The monoisotopic (exact) mass is 302 g/mol. The maximum Gasteiger partial charge on any atom is 0.256 e. The van der Waals surface area contributed by atoms with E-state index in [4.69, 9.17) is 18.0 Å². The summed E-state index contributed by atoms with van der Waals surface area (Å²) in [6, 6.07) is 1.68. The van der Waals surface area contributed by atoms with Crippen molar-refractivity contribution in [3.05, 3.63) is 35.1 Å². The number of benzene rings is 1. The van der Waals surface area contributed by atoms with E-state index in [1.165, 1.54) is 4.90 Å². The molecule has 0 radical (unpaired) electrons. The minimum Gasteiger partial charge on any atom is -0.393 e. The summed E-state index contributed by atoms with van der Waals surface area (Å²) in [5, 5.41) is 0. The Labute approximate surface area is 119 Å². The molecule has 2 rings (SSSR count). The van der Waals surface area contributed by atoms with Gasteiger partial charge in [-0.1, -0.05) is 12.2 Å². The highest BCUT2D eigenvalue weighted by Gasteiger charge is 2.28. The standard InChI is InChI=1S/C13H13F3N2OS/c14-9-4-3-8(10(15)11(9)16)13(19)18-5-1-2-7(6-18)12(17)20/h3-4,7H,1-2,5-6H2,(H2,17,20). The van der Waals surface area contributed by atoms with Crippen molar-refractivity contribution >= 4 is 23.1 Å². The lowest BCUT2D eigenvalue weighted by atomic mass is 9.97. The second kappa shape index (κ2) is 5.78. The molecule has 1 aliphatic rings. The summed E-state index contributed by atoms with van der Waals surface area (Å²) in [6.45, 7) is 0.684. The first-order valence-corrected chi connectivity index (χ1v) is 6.54. The van der Waals surface area contributed by atoms with E-state index >= 15 is 0 Å². The van der Waals surface area contributed by atoms with Gasteiger partial charge in [-0.25, -0.2) is 13.2 Å². The average Bonchev–Trinajstić information content (AvgIpc) is 2.44. The molecule has 1 amide bonds. The van der Waals surface area contributed by atoms with Crippen LogP contribution in [-0.4, -0.2) is 28.9 Å². The molecule has 0 aromatic heterocycles. The van der Waals surface area contributed by atoms with Crippen LogP contribution in [0.25, 0.3) is 0 Å². The molecule has 3 nitrogen and oxygen atoms in total. The van der Waals surface area contributed by atoms with Gasteiger partial charge in [-0.2, -0.15) is 0 Å². The topological polar surface area (TPSA) is 46.3 Å². The normalized spacial score (nSPS) is 18.9. The molecule has 0 aliphatic carbocycles. The lowest BCUT2D eigenvalue weighted by molar-refractivity contribution is 0.0697. The van der Waals surface area contributed by atoms with Gasteiger partial charge >= 0.3 is 0 Å². The molecule has 1 aliphatic heterocycles. The fourth-order valence-corrected chi connectivity index (χ4v) is 2.45. The first-order chi connectivity index (χ1) is 9.41. The Kier molecular flexibility index (Phi) is 4.27. The Morgan fingerprint density at radius 2 is 2.00 bits per heavy atom. The molecule has 1 unspecified atom stereocenters. The smallest absolute Gasteiger partial charge is 0.256 e. The van der Waals surface area contributed by atoms with Crippen LogP contribution in [0.15, 0.2) is 12.1 Å². The predicted molar refractivity (Wildman–Crippen MR) is 71.7 cm³/mol. The Morgan fingerprint density at radius 1 is 1.30 bits per heavy atom. The van der Waals surface area contributed by atoms with Crippen LogP contribution in [0, 0.1) is 23.4 Å². The number of nitrogens with two attached hydrogens (primary N) is 1. The molecule has 1 fully saturated rings. The zero-order chi connectivity index (χ0) is 14.9. The van der Waals surface area contributed by atoms with Crippen molar-refractivity contribution in [3.63, 3.8) is 0 Å². The highest BCUT2D eigenvalue weighted by Crippen LogP contribution is 2.21. The van der Waals surface area contributed by atoms with Crippen molar-refractivity contribution < 1.29 is 18.0 Å². The summed E-state index contributed by atoms with van der Waals surface area (Å²) < 4.78 is 39.6. The van der Waals surface area contributed by atoms with Gasteiger partial charge < -0.3 is 10.6 Å². The SMILES string of the molecule is NC(=S)C1CCCN(C(=O)c2ccc(F)c(F)c2F)C1. The molecule has 1 atom stereocenters. The van der Waals surface area contributed by atoms with Crippen molar-refractivity contribution in [2.45, 2.75) is 12.8 Å². The third kappa shape index (κ3) is 2.77. The van der Waals surface area contributed by atoms with E-state index in [1.807, 2.05) is 0 Å². The van der Waals surface area contributed by atoms with E-state index in [2.05, 4.69) is 0 Å². The fourth-order valence-electron chi connectivity index (χ4n) is 2.26. The summed E-state index contributed by atoms with van der Waals surface area (Å²) in [6.07, 6.45) is 1.44. The molecular weight excluding hydrogens is 289 g/mol. The van der Waals surface area contributed by atoms with Crippen molar-refractivity contribution in [2.24, 2.45) is 11.7 Å².